The summed E-state index contributed by atoms with van der Waals surface area (Å²) < 4.78 is 0. The SMILES string of the molecule is C(=C1C=C(c2ccccc2)C(c2ccccc2)=C1)c1ccccc1. The Balaban J connectivity index is 1.82. The molecular formula is C24H18. The molecule has 0 bridgehead atoms. The lowest BCUT2D eigenvalue weighted by Crippen LogP contribution is -1.86. The maximum absolute atomic E-state index is 2.28. The Hall–Kier alpha value is -3.12. The van der Waals surface area contributed by atoms with Gasteiger partial charge < -0.3 is 0 Å². The predicted octanol–water partition coefficient (Wildman–Crippen LogP) is 6.25. The van der Waals surface area contributed by atoms with Crippen molar-refractivity contribution >= 4 is 17.2 Å². The van der Waals surface area contributed by atoms with Crippen LogP contribution in [0.5, 0.6) is 0 Å². The zero-order valence-electron chi connectivity index (χ0n) is 13.4. The van der Waals surface area contributed by atoms with E-state index in [4.69, 9.17) is 0 Å². The quantitative estimate of drug-likeness (QED) is 0.536. The molecule has 0 heterocycles. The summed E-state index contributed by atoms with van der Waals surface area (Å²) in [5.41, 5.74) is 7.53. The number of allylic oxidation sites excluding steroid dienone is 5. The van der Waals surface area contributed by atoms with Crippen LogP contribution in [0.15, 0.2) is 109 Å². The van der Waals surface area contributed by atoms with E-state index in [1.54, 1.807) is 0 Å². The molecule has 0 saturated carbocycles. The summed E-state index contributed by atoms with van der Waals surface area (Å²) in [6, 6.07) is 31.7. The maximum atomic E-state index is 2.28. The van der Waals surface area contributed by atoms with E-state index in [2.05, 4.69) is 103 Å². The average Bonchev–Trinajstić information content (AvgIpc) is 3.08. The van der Waals surface area contributed by atoms with Crippen LogP contribution in [0.3, 0.4) is 0 Å². The van der Waals surface area contributed by atoms with Gasteiger partial charge >= 0.3 is 0 Å². The summed E-state index contributed by atoms with van der Waals surface area (Å²) in [6.07, 6.45) is 6.80. The summed E-state index contributed by atoms with van der Waals surface area (Å²) >= 11 is 0. The molecule has 0 unspecified atom stereocenters. The van der Waals surface area contributed by atoms with E-state index in [0.717, 1.165) is 0 Å². The van der Waals surface area contributed by atoms with Gasteiger partial charge in [0.2, 0.25) is 0 Å². The molecule has 1 aliphatic rings. The zero-order valence-corrected chi connectivity index (χ0v) is 13.4. The molecule has 0 saturated heterocycles. The van der Waals surface area contributed by atoms with Crippen molar-refractivity contribution in [2.75, 3.05) is 0 Å². The number of hydrogen-bond acceptors (Lipinski definition) is 0. The molecule has 1 aliphatic carbocycles. The van der Waals surface area contributed by atoms with E-state index < -0.39 is 0 Å². The van der Waals surface area contributed by atoms with Crippen molar-refractivity contribution in [3.8, 4) is 0 Å². The smallest absolute Gasteiger partial charge is 0.00992 e. The van der Waals surface area contributed by atoms with Crippen molar-refractivity contribution in [2.24, 2.45) is 0 Å². The van der Waals surface area contributed by atoms with Crippen LogP contribution in [0.1, 0.15) is 16.7 Å². The molecule has 0 amide bonds. The third-order valence-corrected chi connectivity index (χ3v) is 4.21. The summed E-state index contributed by atoms with van der Waals surface area (Å²) in [5.74, 6) is 0. The van der Waals surface area contributed by atoms with Crippen molar-refractivity contribution in [1.82, 2.24) is 0 Å². The van der Waals surface area contributed by atoms with E-state index in [1.807, 2.05) is 6.07 Å². The second-order valence-electron chi connectivity index (χ2n) is 5.90. The Morgan fingerprint density at radius 1 is 0.458 bits per heavy atom. The monoisotopic (exact) mass is 306 g/mol. The van der Waals surface area contributed by atoms with E-state index in [0.29, 0.717) is 0 Å². The lowest BCUT2D eigenvalue weighted by molar-refractivity contribution is 1.60. The van der Waals surface area contributed by atoms with Gasteiger partial charge in [-0.25, -0.2) is 0 Å². The first-order valence-corrected chi connectivity index (χ1v) is 8.21. The fourth-order valence-corrected chi connectivity index (χ4v) is 3.07. The van der Waals surface area contributed by atoms with Gasteiger partial charge in [0.1, 0.15) is 0 Å². The first-order valence-electron chi connectivity index (χ1n) is 8.21. The minimum absolute atomic E-state index is 1.22. The molecule has 3 aromatic rings. The highest BCUT2D eigenvalue weighted by Crippen LogP contribution is 2.38. The summed E-state index contributed by atoms with van der Waals surface area (Å²) in [4.78, 5) is 0. The van der Waals surface area contributed by atoms with Gasteiger partial charge in [0.15, 0.2) is 0 Å². The number of benzene rings is 3. The van der Waals surface area contributed by atoms with E-state index in [-0.39, 0.29) is 0 Å². The molecule has 0 fully saturated rings. The molecule has 24 heavy (non-hydrogen) atoms. The van der Waals surface area contributed by atoms with Crippen LogP contribution in [0.4, 0.5) is 0 Å². The number of rotatable bonds is 3. The Morgan fingerprint density at radius 3 is 1.33 bits per heavy atom. The predicted molar refractivity (Wildman–Crippen MR) is 103 cm³/mol. The van der Waals surface area contributed by atoms with Gasteiger partial charge in [-0.2, -0.15) is 0 Å². The van der Waals surface area contributed by atoms with Gasteiger partial charge in [0, 0.05) is 0 Å². The van der Waals surface area contributed by atoms with Crippen LogP contribution in [0.25, 0.3) is 17.2 Å². The second kappa shape index (κ2) is 6.55. The van der Waals surface area contributed by atoms with E-state index in [9.17, 15) is 0 Å². The van der Waals surface area contributed by atoms with Gasteiger partial charge in [-0.05, 0) is 51.6 Å². The normalized spacial score (nSPS) is 13.4. The van der Waals surface area contributed by atoms with Crippen molar-refractivity contribution in [3.05, 3.63) is 125 Å². The summed E-state index contributed by atoms with van der Waals surface area (Å²) in [6.45, 7) is 0. The first kappa shape index (κ1) is 14.5. The van der Waals surface area contributed by atoms with Crippen LogP contribution < -0.4 is 0 Å². The van der Waals surface area contributed by atoms with Crippen LogP contribution >= 0.6 is 0 Å². The van der Waals surface area contributed by atoms with Gasteiger partial charge in [-0.15, -0.1) is 0 Å². The molecule has 3 aromatic carbocycles. The lowest BCUT2D eigenvalue weighted by Gasteiger charge is -2.08. The Labute approximate surface area is 143 Å². The molecule has 4 rings (SSSR count). The summed E-state index contributed by atoms with van der Waals surface area (Å²) in [5, 5.41) is 0. The zero-order chi connectivity index (χ0) is 16.2. The molecule has 0 aromatic heterocycles. The molecule has 0 nitrogen and oxygen atoms in total. The molecule has 0 radical (unpaired) electrons. The fraction of sp³-hybridized carbons (Fsp3) is 0. The summed E-state index contributed by atoms with van der Waals surface area (Å²) in [7, 11) is 0. The molecule has 0 aliphatic heterocycles. The van der Waals surface area contributed by atoms with Gasteiger partial charge in [0.25, 0.3) is 0 Å². The van der Waals surface area contributed by atoms with Gasteiger partial charge in [-0.3, -0.25) is 0 Å². The molecular weight excluding hydrogens is 288 g/mol. The topological polar surface area (TPSA) is 0 Å². The van der Waals surface area contributed by atoms with E-state index >= 15 is 0 Å². The third-order valence-electron chi connectivity index (χ3n) is 4.21. The van der Waals surface area contributed by atoms with E-state index in [1.165, 1.54) is 33.4 Å². The second-order valence-corrected chi connectivity index (χ2v) is 5.90. The Morgan fingerprint density at radius 2 is 0.875 bits per heavy atom. The molecule has 0 heteroatoms. The van der Waals surface area contributed by atoms with Crippen molar-refractivity contribution in [1.29, 1.82) is 0 Å². The first-order chi connectivity index (χ1) is 11.9. The van der Waals surface area contributed by atoms with Crippen molar-refractivity contribution in [3.63, 3.8) is 0 Å². The molecule has 0 spiro atoms. The highest BCUT2D eigenvalue weighted by molar-refractivity contribution is 6.10. The van der Waals surface area contributed by atoms with Crippen LogP contribution in [0.2, 0.25) is 0 Å². The standard InChI is InChI=1S/C24H18/c1-4-10-19(11-5-1)16-20-17-23(21-12-6-2-7-13-21)24(18-20)22-14-8-3-9-15-22/h1-18H. The third kappa shape index (κ3) is 3.00. The van der Waals surface area contributed by atoms with Gasteiger partial charge in [-0.1, -0.05) is 91.0 Å². The largest absolute Gasteiger partial charge is 0.0622 e. The minimum atomic E-state index is 1.22. The minimum Gasteiger partial charge on any atom is -0.0622 e. The Kier molecular flexibility index (Phi) is 3.95. The maximum Gasteiger partial charge on any atom is -0.00992 e. The highest BCUT2D eigenvalue weighted by atomic mass is 14.2. The fourth-order valence-electron chi connectivity index (χ4n) is 3.07. The lowest BCUT2D eigenvalue weighted by atomic mass is 9.95. The van der Waals surface area contributed by atoms with Crippen LogP contribution in [0, 0.1) is 0 Å². The molecule has 0 N–H and O–H groups in total. The van der Waals surface area contributed by atoms with Crippen molar-refractivity contribution in [2.45, 2.75) is 0 Å². The van der Waals surface area contributed by atoms with Crippen LogP contribution in [-0.2, 0) is 0 Å². The molecule has 0 atom stereocenters. The number of hydrogen-bond donors (Lipinski definition) is 0. The average molecular weight is 306 g/mol. The van der Waals surface area contributed by atoms with Gasteiger partial charge in [0.05, 0.1) is 0 Å². The molecule has 114 valence electrons. The van der Waals surface area contributed by atoms with Crippen molar-refractivity contribution < 1.29 is 0 Å². The Bertz CT molecular complexity index is 854. The highest BCUT2D eigenvalue weighted by Gasteiger charge is 2.16. The van der Waals surface area contributed by atoms with Crippen LogP contribution in [-0.4, -0.2) is 0 Å².